The van der Waals surface area contributed by atoms with Crippen LogP contribution in [0.3, 0.4) is 0 Å². The number of hydrogen-bond donors (Lipinski definition) is 2. The SMILES string of the molecule is CCCCC1=C(O)C(CCCC)(CCCC)C(=O)C(C(=O)CCc2ccc(Cl)cc2)=C1O. The predicted molar refractivity (Wildman–Crippen MR) is 130 cm³/mol. The van der Waals surface area contributed by atoms with Crippen LogP contribution in [0.25, 0.3) is 0 Å². The van der Waals surface area contributed by atoms with Crippen molar-refractivity contribution in [1.29, 1.82) is 0 Å². The maximum Gasteiger partial charge on any atom is 0.183 e. The van der Waals surface area contributed by atoms with Gasteiger partial charge in [-0.1, -0.05) is 76.6 Å². The van der Waals surface area contributed by atoms with Gasteiger partial charge in [-0.2, -0.15) is 0 Å². The number of halogens is 1. The van der Waals surface area contributed by atoms with Gasteiger partial charge < -0.3 is 10.2 Å². The molecule has 0 heterocycles. The van der Waals surface area contributed by atoms with Crippen molar-refractivity contribution in [3.8, 4) is 0 Å². The fraction of sp³-hybridized carbons (Fsp3) is 0.556. The topological polar surface area (TPSA) is 74.6 Å². The summed E-state index contributed by atoms with van der Waals surface area (Å²) < 4.78 is 0. The van der Waals surface area contributed by atoms with E-state index in [1.54, 1.807) is 12.1 Å². The Balaban J connectivity index is 2.45. The Morgan fingerprint density at radius 3 is 2.00 bits per heavy atom. The number of Topliss-reactive ketones (excluding diaryl/α,β-unsaturated/α-hetero) is 2. The van der Waals surface area contributed by atoms with Crippen LogP contribution in [-0.2, 0) is 16.0 Å². The van der Waals surface area contributed by atoms with E-state index in [4.69, 9.17) is 11.6 Å². The van der Waals surface area contributed by atoms with Crippen LogP contribution in [-0.4, -0.2) is 21.8 Å². The van der Waals surface area contributed by atoms with E-state index in [1.165, 1.54) is 0 Å². The summed E-state index contributed by atoms with van der Waals surface area (Å²) >= 11 is 5.94. The van der Waals surface area contributed by atoms with Crippen LogP contribution in [0, 0.1) is 5.41 Å². The zero-order valence-electron chi connectivity index (χ0n) is 19.7. The first kappa shape index (κ1) is 26.2. The van der Waals surface area contributed by atoms with Gasteiger partial charge in [-0.3, -0.25) is 9.59 Å². The lowest BCUT2D eigenvalue weighted by Crippen LogP contribution is -2.41. The van der Waals surface area contributed by atoms with E-state index in [-0.39, 0.29) is 29.3 Å². The molecular formula is C27H37ClO4. The Morgan fingerprint density at radius 1 is 0.906 bits per heavy atom. The summed E-state index contributed by atoms with van der Waals surface area (Å²) in [5.74, 6) is -1.09. The quantitative estimate of drug-likeness (QED) is 0.297. The number of benzene rings is 1. The number of aliphatic hydroxyl groups is 2. The lowest BCUT2D eigenvalue weighted by atomic mass is 9.65. The van der Waals surface area contributed by atoms with E-state index in [9.17, 15) is 19.8 Å². The second kappa shape index (κ2) is 12.2. The van der Waals surface area contributed by atoms with E-state index in [1.807, 2.05) is 32.9 Å². The molecule has 4 nitrogen and oxygen atoms in total. The van der Waals surface area contributed by atoms with Crippen LogP contribution in [0.1, 0.15) is 90.5 Å². The van der Waals surface area contributed by atoms with Crippen molar-refractivity contribution >= 4 is 23.2 Å². The molecule has 1 aliphatic rings. The van der Waals surface area contributed by atoms with Gasteiger partial charge in [-0.15, -0.1) is 0 Å². The number of rotatable bonds is 13. The van der Waals surface area contributed by atoms with Crippen molar-refractivity contribution in [2.45, 2.75) is 91.4 Å². The second-order valence-corrected chi connectivity index (χ2v) is 9.26. The molecule has 0 atom stereocenters. The van der Waals surface area contributed by atoms with Gasteiger partial charge in [-0.25, -0.2) is 0 Å². The Bertz CT molecular complexity index is 856. The highest BCUT2D eigenvalue weighted by Crippen LogP contribution is 2.47. The predicted octanol–water partition coefficient (Wildman–Crippen LogP) is 7.61. The molecule has 0 radical (unpaired) electrons. The van der Waals surface area contributed by atoms with Crippen molar-refractivity contribution in [3.05, 3.63) is 57.5 Å². The van der Waals surface area contributed by atoms with Gasteiger partial charge in [-0.05, 0) is 49.8 Å². The molecule has 0 saturated carbocycles. The third-order valence-electron chi connectivity index (χ3n) is 6.45. The van der Waals surface area contributed by atoms with Crippen LogP contribution in [0.15, 0.2) is 46.9 Å². The highest BCUT2D eigenvalue weighted by molar-refractivity contribution is 6.30. The van der Waals surface area contributed by atoms with Gasteiger partial charge in [0.2, 0.25) is 0 Å². The minimum absolute atomic E-state index is 0.00963. The molecule has 0 aliphatic heterocycles. The fourth-order valence-electron chi connectivity index (χ4n) is 4.44. The number of carbonyl (C=O) groups is 2. The largest absolute Gasteiger partial charge is 0.511 e. The minimum Gasteiger partial charge on any atom is -0.511 e. The molecule has 0 unspecified atom stereocenters. The molecular weight excluding hydrogens is 424 g/mol. The molecule has 176 valence electrons. The van der Waals surface area contributed by atoms with Gasteiger partial charge in [0.1, 0.15) is 17.1 Å². The van der Waals surface area contributed by atoms with Crippen molar-refractivity contribution in [1.82, 2.24) is 0 Å². The minimum atomic E-state index is -1.10. The van der Waals surface area contributed by atoms with Crippen LogP contribution in [0.2, 0.25) is 5.02 Å². The summed E-state index contributed by atoms with van der Waals surface area (Å²) in [6.45, 7) is 6.13. The third-order valence-corrected chi connectivity index (χ3v) is 6.70. The molecule has 0 spiro atoms. The van der Waals surface area contributed by atoms with E-state index in [0.29, 0.717) is 36.3 Å². The van der Waals surface area contributed by atoms with Gasteiger partial charge in [0.15, 0.2) is 11.6 Å². The third kappa shape index (κ3) is 5.83. The van der Waals surface area contributed by atoms with Crippen LogP contribution < -0.4 is 0 Å². The van der Waals surface area contributed by atoms with Crippen LogP contribution in [0.5, 0.6) is 0 Å². The van der Waals surface area contributed by atoms with Crippen molar-refractivity contribution in [2.24, 2.45) is 5.41 Å². The highest BCUT2D eigenvalue weighted by atomic mass is 35.5. The first-order valence-corrected chi connectivity index (χ1v) is 12.4. The monoisotopic (exact) mass is 460 g/mol. The van der Waals surface area contributed by atoms with Crippen molar-refractivity contribution < 1.29 is 19.8 Å². The Labute approximate surface area is 197 Å². The first-order valence-electron chi connectivity index (χ1n) is 12.0. The summed E-state index contributed by atoms with van der Waals surface area (Å²) in [7, 11) is 0. The van der Waals surface area contributed by atoms with E-state index >= 15 is 0 Å². The molecule has 2 N–H and O–H groups in total. The summed E-state index contributed by atoms with van der Waals surface area (Å²) in [5, 5.41) is 22.9. The molecule has 0 fully saturated rings. The maximum atomic E-state index is 13.7. The average Bonchev–Trinajstić information content (AvgIpc) is 2.78. The molecule has 1 aliphatic carbocycles. The molecule has 0 bridgehead atoms. The normalized spacial score (nSPS) is 16.1. The average molecular weight is 461 g/mol. The van der Waals surface area contributed by atoms with Crippen molar-refractivity contribution in [2.75, 3.05) is 0 Å². The Kier molecular flexibility index (Phi) is 10.0. The molecule has 0 saturated heterocycles. The van der Waals surface area contributed by atoms with Gasteiger partial charge in [0.05, 0.1) is 5.41 Å². The summed E-state index contributed by atoms with van der Waals surface area (Å²) in [5.41, 5.74) is 0.106. The number of carbonyl (C=O) groups excluding carboxylic acids is 2. The van der Waals surface area contributed by atoms with Gasteiger partial charge in [0.25, 0.3) is 0 Å². The smallest absolute Gasteiger partial charge is 0.183 e. The summed E-state index contributed by atoms with van der Waals surface area (Å²) in [4.78, 5) is 27.0. The second-order valence-electron chi connectivity index (χ2n) is 8.82. The van der Waals surface area contributed by atoms with Crippen LogP contribution >= 0.6 is 11.6 Å². The number of hydrogen-bond acceptors (Lipinski definition) is 4. The maximum absolute atomic E-state index is 13.7. The number of aliphatic hydroxyl groups excluding tert-OH is 2. The molecule has 0 amide bonds. The molecule has 1 aromatic rings. The highest BCUT2D eigenvalue weighted by Gasteiger charge is 2.50. The molecule has 1 aromatic carbocycles. The zero-order valence-corrected chi connectivity index (χ0v) is 20.4. The lowest BCUT2D eigenvalue weighted by Gasteiger charge is -2.37. The number of aryl methyl sites for hydroxylation is 1. The zero-order chi connectivity index (χ0) is 23.7. The Morgan fingerprint density at radius 2 is 1.47 bits per heavy atom. The number of allylic oxidation sites excluding steroid dienone is 3. The standard InChI is InChI=1S/C27H37ClO4/c1-4-7-10-21-24(30)23(22(29)16-13-19-11-14-20(28)15-12-19)26(32)27(25(21)31,17-8-5-2)18-9-6-3/h11-12,14-15,30-31H,4-10,13,16-18H2,1-3H3. The number of unbranched alkanes of at least 4 members (excludes halogenated alkanes) is 3. The molecule has 0 aromatic heterocycles. The van der Waals surface area contributed by atoms with Gasteiger partial charge in [0, 0.05) is 17.0 Å². The summed E-state index contributed by atoms with van der Waals surface area (Å²) in [6.07, 6.45) is 6.97. The van der Waals surface area contributed by atoms with E-state index in [2.05, 4.69) is 0 Å². The van der Waals surface area contributed by atoms with E-state index in [0.717, 1.165) is 44.1 Å². The fourth-order valence-corrected chi connectivity index (χ4v) is 4.56. The number of ketones is 2. The summed E-state index contributed by atoms with van der Waals surface area (Å²) in [6, 6.07) is 7.26. The van der Waals surface area contributed by atoms with Crippen molar-refractivity contribution in [3.63, 3.8) is 0 Å². The van der Waals surface area contributed by atoms with Crippen LogP contribution in [0.4, 0.5) is 0 Å². The lowest BCUT2D eigenvalue weighted by molar-refractivity contribution is -0.129. The first-order chi connectivity index (χ1) is 15.3. The molecule has 5 heteroatoms. The van der Waals surface area contributed by atoms with Gasteiger partial charge >= 0.3 is 0 Å². The van der Waals surface area contributed by atoms with E-state index < -0.39 is 11.2 Å². The Hall–Kier alpha value is -2.07. The molecule has 2 rings (SSSR count). The molecule has 32 heavy (non-hydrogen) atoms.